The van der Waals surface area contributed by atoms with Crippen molar-refractivity contribution in [1.82, 2.24) is 4.72 Å². The van der Waals surface area contributed by atoms with E-state index in [1.54, 1.807) is 7.11 Å². The molecule has 2 rings (SSSR count). The summed E-state index contributed by atoms with van der Waals surface area (Å²) in [6.07, 6.45) is 2.49. The molecule has 2 unspecified atom stereocenters. The lowest BCUT2D eigenvalue weighted by molar-refractivity contribution is 0.107. The van der Waals surface area contributed by atoms with E-state index in [1.165, 1.54) is 24.3 Å². The van der Waals surface area contributed by atoms with Gasteiger partial charge in [-0.05, 0) is 43.5 Å². The molecular weight excluding hydrogens is 264 g/mol. The number of ether oxygens (including phenoxy) is 1. The van der Waals surface area contributed by atoms with Crippen LogP contribution in [0.25, 0.3) is 0 Å². The summed E-state index contributed by atoms with van der Waals surface area (Å²) in [5.74, 6) is 0. The third kappa shape index (κ3) is 3.32. The number of sulfonamides is 1. The van der Waals surface area contributed by atoms with E-state index in [-0.39, 0.29) is 17.0 Å². The summed E-state index contributed by atoms with van der Waals surface area (Å²) in [5, 5.41) is 8.69. The zero-order valence-electron chi connectivity index (χ0n) is 10.7. The molecule has 5 nitrogen and oxygen atoms in total. The maximum absolute atomic E-state index is 12.1. The number of nitrogens with zero attached hydrogens (tertiary/aromatic N) is 1. The minimum atomic E-state index is -3.52. The van der Waals surface area contributed by atoms with Gasteiger partial charge in [-0.15, -0.1) is 0 Å². The van der Waals surface area contributed by atoms with E-state index in [1.807, 2.05) is 6.07 Å². The van der Waals surface area contributed by atoms with E-state index in [0.717, 1.165) is 12.8 Å². The van der Waals surface area contributed by atoms with Gasteiger partial charge in [0, 0.05) is 13.2 Å². The molecule has 1 aromatic rings. The van der Waals surface area contributed by atoms with Gasteiger partial charge in [-0.3, -0.25) is 0 Å². The Hall–Kier alpha value is -1.42. The predicted octanol–water partition coefficient (Wildman–Crippen LogP) is 1.40. The Morgan fingerprint density at radius 3 is 2.53 bits per heavy atom. The summed E-state index contributed by atoms with van der Waals surface area (Å²) in [7, 11) is -1.87. The standard InChI is InChI=1S/C13H16N2O3S/c1-18-12-5-4-11(8-12)15-19(16,17)13-6-2-10(9-14)3-7-13/h2-3,6-7,11-12,15H,4-5,8H2,1H3. The predicted molar refractivity (Wildman–Crippen MR) is 69.9 cm³/mol. The highest BCUT2D eigenvalue weighted by atomic mass is 32.2. The third-order valence-electron chi connectivity index (χ3n) is 3.33. The van der Waals surface area contributed by atoms with Gasteiger partial charge in [-0.1, -0.05) is 0 Å². The molecule has 1 saturated carbocycles. The second kappa shape index (κ2) is 5.70. The van der Waals surface area contributed by atoms with Crippen LogP contribution in [0.5, 0.6) is 0 Å². The number of nitrogens with one attached hydrogen (secondary N) is 1. The van der Waals surface area contributed by atoms with Gasteiger partial charge < -0.3 is 4.74 Å². The number of hydrogen-bond acceptors (Lipinski definition) is 4. The average molecular weight is 280 g/mol. The van der Waals surface area contributed by atoms with Crippen molar-refractivity contribution >= 4 is 10.0 Å². The Morgan fingerprint density at radius 2 is 2.00 bits per heavy atom. The fourth-order valence-electron chi connectivity index (χ4n) is 2.26. The Bertz CT molecular complexity index is 575. The topological polar surface area (TPSA) is 79.2 Å². The summed E-state index contributed by atoms with van der Waals surface area (Å²) in [6.45, 7) is 0. The molecule has 1 fully saturated rings. The number of methoxy groups -OCH3 is 1. The maximum Gasteiger partial charge on any atom is 0.240 e. The molecule has 1 aromatic carbocycles. The minimum Gasteiger partial charge on any atom is -0.381 e. The van der Waals surface area contributed by atoms with Gasteiger partial charge in [0.2, 0.25) is 10.0 Å². The highest BCUT2D eigenvalue weighted by molar-refractivity contribution is 7.89. The van der Waals surface area contributed by atoms with Crippen LogP contribution in [-0.4, -0.2) is 27.7 Å². The summed E-state index contributed by atoms with van der Waals surface area (Å²) in [4.78, 5) is 0.187. The molecule has 0 saturated heterocycles. The minimum absolute atomic E-state index is 0.0782. The summed E-state index contributed by atoms with van der Waals surface area (Å²) in [5.41, 5.74) is 0.444. The van der Waals surface area contributed by atoms with Gasteiger partial charge in [0.1, 0.15) is 0 Å². The van der Waals surface area contributed by atoms with E-state index in [0.29, 0.717) is 12.0 Å². The van der Waals surface area contributed by atoms with E-state index in [9.17, 15) is 8.42 Å². The molecule has 0 radical (unpaired) electrons. The molecule has 19 heavy (non-hydrogen) atoms. The molecule has 2 atom stereocenters. The van der Waals surface area contributed by atoms with Crippen molar-refractivity contribution in [3.05, 3.63) is 29.8 Å². The van der Waals surface area contributed by atoms with E-state index >= 15 is 0 Å². The fourth-order valence-corrected chi connectivity index (χ4v) is 3.54. The number of benzene rings is 1. The van der Waals surface area contributed by atoms with Crippen LogP contribution >= 0.6 is 0 Å². The Morgan fingerprint density at radius 1 is 1.32 bits per heavy atom. The van der Waals surface area contributed by atoms with Crippen molar-refractivity contribution in [3.63, 3.8) is 0 Å². The number of hydrogen-bond donors (Lipinski definition) is 1. The summed E-state index contributed by atoms with van der Waals surface area (Å²) in [6, 6.07) is 7.78. The van der Waals surface area contributed by atoms with Gasteiger partial charge >= 0.3 is 0 Å². The van der Waals surface area contributed by atoms with Gasteiger partial charge in [-0.25, -0.2) is 13.1 Å². The first kappa shape index (κ1) is 14.0. The van der Waals surface area contributed by atoms with E-state index < -0.39 is 10.0 Å². The van der Waals surface area contributed by atoms with E-state index in [2.05, 4.69) is 4.72 Å². The summed E-state index contributed by atoms with van der Waals surface area (Å²) >= 11 is 0. The largest absolute Gasteiger partial charge is 0.381 e. The number of rotatable bonds is 4. The normalized spacial score (nSPS) is 23.2. The monoisotopic (exact) mass is 280 g/mol. The van der Waals surface area contributed by atoms with Crippen molar-refractivity contribution < 1.29 is 13.2 Å². The van der Waals surface area contributed by atoms with Crippen LogP contribution in [0.15, 0.2) is 29.2 Å². The quantitative estimate of drug-likeness (QED) is 0.904. The second-order valence-electron chi connectivity index (χ2n) is 4.63. The molecule has 6 heteroatoms. The third-order valence-corrected chi connectivity index (χ3v) is 4.87. The molecule has 0 bridgehead atoms. The highest BCUT2D eigenvalue weighted by Gasteiger charge is 2.28. The van der Waals surface area contributed by atoms with Crippen LogP contribution in [0.3, 0.4) is 0 Å². The first-order valence-corrected chi connectivity index (χ1v) is 7.59. The van der Waals surface area contributed by atoms with Gasteiger partial charge in [0.15, 0.2) is 0 Å². The maximum atomic E-state index is 12.1. The van der Waals surface area contributed by atoms with Crippen LogP contribution in [0.1, 0.15) is 24.8 Å². The zero-order valence-corrected chi connectivity index (χ0v) is 11.5. The lowest BCUT2D eigenvalue weighted by Gasteiger charge is -2.13. The zero-order chi connectivity index (χ0) is 13.9. The van der Waals surface area contributed by atoms with Crippen LogP contribution in [0.4, 0.5) is 0 Å². The molecule has 102 valence electrons. The van der Waals surface area contributed by atoms with Gasteiger partial charge in [-0.2, -0.15) is 5.26 Å². The lowest BCUT2D eigenvalue weighted by atomic mass is 10.2. The Labute approximate surface area is 113 Å². The second-order valence-corrected chi connectivity index (χ2v) is 6.34. The first-order valence-electron chi connectivity index (χ1n) is 6.10. The van der Waals surface area contributed by atoms with Crippen LogP contribution in [0, 0.1) is 11.3 Å². The number of nitriles is 1. The molecule has 0 heterocycles. The fraction of sp³-hybridized carbons (Fsp3) is 0.462. The average Bonchev–Trinajstić information content (AvgIpc) is 2.85. The molecule has 0 aromatic heterocycles. The van der Waals surface area contributed by atoms with Crippen LogP contribution in [0.2, 0.25) is 0 Å². The van der Waals surface area contributed by atoms with Crippen LogP contribution < -0.4 is 4.72 Å². The first-order chi connectivity index (χ1) is 9.05. The van der Waals surface area contributed by atoms with Crippen molar-refractivity contribution in [2.75, 3.05) is 7.11 Å². The molecule has 1 N–H and O–H groups in total. The molecule has 0 amide bonds. The molecule has 0 aliphatic heterocycles. The highest BCUT2D eigenvalue weighted by Crippen LogP contribution is 2.23. The SMILES string of the molecule is COC1CCC(NS(=O)(=O)c2ccc(C#N)cc2)C1. The Kier molecular flexibility index (Phi) is 4.20. The van der Waals surface area contributed by atoms with Gasteiger partial charge in [0.25, 0.3) is 0 Å². The Balaban J connectivity index is 2.08. The van der Waals surface area contributed by atoms with Gasteiger partial charge in [0.05, 0.1) is 22.6 Å². The van der Waals surface area contributed by atoms with Crippen LogP contribution in [-0.2, 0) is 14.8 Å². The lowest BCUT2D eigenvalue weighted by Crippen LogP contribution is -2.33. The molecule has 1 aliphatic rings. The van der Waals surface area contributed by atoms with E-state index in [4.69, 9.17) is 10.00 Å². The van der Waals surface area contributed by atoms with Crippen molar-refractivity contribution in [2.24, 2.45) is 0 Å². The molecule has 0 spiro atoms. The molecule has 1 aliphatic carbocycles. The molecular formula is C13H16N2O3S. The summed E-state index contributed by atoms with van der Waals surface area (Å²) < 4.78 is 32.2. The smallest absolute Gasteiger partial charge is 0.240 e. The van der Waals surface area contributed by atoms with Crippen molar-refractivity contribution in [3.8, 4) is 6.07 Å². The van der Waals surface area contributed by atoms with Crippen molar-refractivity contribution in [1.29, 1.82) is 5.26 Å². The van der Waals surface area contributed by atoms with Crippen molar-refractivity contribution in [2.45, 2.75) is 36.3 Å².